The van der Waals surface area contributed by atoms with E-state index in [1.807, 2.05) is 19.2 Å². The summed E-state index contributed by atoms with van der Waals surface area (Å²) in [4.78, 5) is 6.56. The SMILES string of the molecule is CN=C(NCC(C)c1ccsc1)NCC(c1ccc(OC)cc1)N(C)C. The first-order chi connectivity index (χ1) is 12.5. The summed E-state index contributed by atoms with van der Waals surface area (Å²) in [6.45, 7) is 3.85. The van der Waals surface area contributed by atoms with Gasteiger partial charge in [-0.1, -0.05) is 19.1 Å². The van der Waals surface area contributed by atoms with Crippen LogP contribution in [0.3, 0.4) is 0 Å². The molecule has 0 amide bonds. The number of likely N-dealkylation sites (N-methyl/N-ethyl adjacent to an activating group) is 1. The highest BCUT2D eigenvalue weighted by Gasteiger charge is 2.15. The van der Waals surface area contributed by atoms with Crippen LogP contribution in [0.4, 0.5) is 0 Å². The molecule has 0 aliphatic heterocycles. The zero-order chi connectivity index (χ0) is 18.9. The quantitative estimate of drug-likeness (QED) is 0.550. The summed E-state index contributed by atoms with van der Waals surface area (Å²) in [5, 5.41) is 11.2. The molecule has 0 bridgehead atoms. The van der Waals surface area contributed by atoms with Crippen molar-refractivity contribution in [2.75, 3.05) is 41.3 Å². The van der Waals surface area contributed by atoms with Crippen LogP contribution in [0, 0.1) is 0 Å². The minimum Gasteiger partial charge on any atom is -0.497 e. The highest BCUT2D eigenvalue weighted by Crippen LogP contribution is 2.21. The van der Waals surface area contributed by atoms with Crippen LogP contribution in [0.1, 0.15) is 30.0 Å². The molecule has 6 heteroatoms. The molecule has 1 aromatic carbocycles. The molecule has 26 heavy (non-hydrogen) atoms. The number of ether oxygens (including phenoxy) is 1. The van der Waals surface area contributed by atoms with Crippen molar-refractivity contribution < 1.29 is 4.74 Å². The van der Waals surface area contributed by atoms with Crippen molar-refractivity contribution in [2.24, 2.45) is 4.99 Å². The number of rotatable bonds is 8. The average Bonchev–Trinajstić information content (AvgIpc) is 3.19. The monoisotopic (exact) mass is 374 g/mol. The Morgan fingerprint density at radius 1 is 1.12 bits per heavy atom. The van der Waals surface area contributed by atoms with Gasteiger partial charge in [0.05, 0.1) is 13.2 Å². The Balaban J connectivity index is 1.91. The highest BCUT2D eigenvalue weighted by molar-refractivity contribution is 7.07. The molecule has 2 rings (SSSR count). The number of methoxy groups -OCH3 is 1. The fourth-order valence-corrected chi connectivity index (χ4v) is 3.54. The number of benzene rings is 1. The Morgan fingerprint density at radius 2 is 1.81 bits per heavy atom. The van der Waals surface area contributed by atoms with Gasteiger partial charge in [0.15, 0.2) is 5.96 Å². The van der Waals surface area contributed by atoms with Gasteiger partial charge in [-0.2, -0.15) is 11.3 Å². The molecule has 0 fully saturated rings. The molecule has 2 N–H and O–H groups in total. The molecule has 0 spiro atoms. The van der Waals surface area contributed by atoms with Gasteiger partial charge in [-0.25, -0.2) is 0 Å². The van der Waals surface area contributed by atoms with E-state index < -0.39 is 0 Å². The van der Waals surface area contributed by atoms with E-state index in [1.54, 1.807) is 18.4 Å². The molecule has 1 aromatic heterocycles. The van der Waals surface area contributed by atoms with Crippen molar-refractivity contribution in [1.82, 2.24) is 15.5 Å². The Hall–Kier alpha value is -2.05. The fraction of sp³-hybridized carbons (Fsp3) is 0.450. The van der Waals surface area contributed by atoms with Crippen LogP contribution in [-0.4, -0.2) is 52.2 Å². The van der Waals surface area contributed by atoms with Gasteiger partial charge in [-0.05, 0) is 60.1 Å². The van der Waals surface area contributed by atoms with Crippen LogP contribution in [0.2, 0.25) is 0 Å². The summed E-state index contributed by atoms with van der Waals surface area (Å²) >= 11 is 1.74. The van der Waals surface area contributed by atoms with Crippen molar-refractivity contribution in [3.05, 3.63) is 52.2 Å². The first-order valence-electron chi connectivity index (χ1n) is 8.82. The summed E-state index contributed by atoms with van der Waals surface area (Å²) in [6.07, 6.45) is 0. The maximum atomic E-state index is 5.25. The Morgan fingerprint density at radius 3 is 2.35 bits per heavy atom. The minimum atomic E-state index is 0.244. The topological polar surface area (TPSA) is 48.9 Å². The standard InChI is InChI=1S/C20H30N4OS/c1-15(17-10-11-26-14-17)12-22-20(21-2)23-13-19(24(3)4)16-6-8-18(25-5)9-7-16/h6-11,14-15,19H,12-13H2,1-5H3,(H2,21,22,23). The van der Waals surface area contributed by atoms with E-state index in [2.05, 4.69) is 70.5 Å². The van der Waals surface area contributed by atoms with Crippen LogP contribution in [0.5, 0.6) is 5.75 Å². The van der Waals surface area contributed by atoms with E-state index in [4.69, 9.17) is 4.74 Å². The summed E-state index contributed by atoms with van der Waals surface area (Å²) in [7, 11) is 7.67. The number of nitrogens with one attached hydrogen (secondary N) is 2. The van der Waals surface area contributed by atoms with E-state index >= 15 is 0 Å². The van der Waals surface area contributed by atoms with Crippen molar-refractivity contribution in [1.29, 1.82) is 0 Å². The summed E-state index contributed by atoms with van der Waals surface area (Å²) in [5.41, 5.74) is 2.60. The first-order valence-corrected chi connectivity index (χ1v) is 9.76. The van der Waals surface area contributed by atoms with E-state index in [-0.39, 0.29) is 6.04 Å². The second-order valence-electron chi connectivity index (χ2n) is 6.54. The van der Waals surface area contributed by atoms with Crippen molar-refractivity contribution >= 4 is 17.3 Å². The molecule has 2 aromatic rings. The molecule has 1 heterocycles. The predicted octanol–water partition coefficient (Wildman–Crippen LogP) is 3.33. The third-order valence-electron chi connectivity index (χ3n) is 4.50. The largest absolute Gasteiger partial charge is 0.497 e. The number of hydrogen-bond donors (Lipinski definition) is 2. The lowest BCUT2D eigenvalue weighted by Gasteiger charge is -2.26. The molecule has 0 aliphatic rings. The molecule has 2 unspecified atom stereocenters. The zero-order valence-electron chi connectivity index (χ0n) is 16.3. The van der Waals surface area contributed by atoms with Gasteiger partial charge in [-0.3, -0.25) is 4.99 Å². The summed E-state index contributed by atoms with van der Waals surface area (Å²) in [6, 6.07) is 10.6. The average molecular weight is 375 g/mol. The predicted molar refractivity (Wildman–Crippen MR) is 112 cm³/mol. The van der Waals surface area contributed by atoms with Crippen molar-refractivity contribution in [3.8, 4) is 5.75 Å². The van der Waals surface area contributed by atoms with Gasteiger partial charge in [0.2, 0.25) is 0 Å². The van der Waals surface area contributed by atoms with Gasteiger partial charge in [0.25, 0.3) is 0 Å². The van der Waals surface area contributed by atoms with Crippen molar-refractivity contribution in [2.45, 2.75) is 18.9 Å². The fourth-order valence-electron chi connectivity index (χ4n) is 2.76. The molecule has 142 valence electrons. The molecule has 0 radical (unpaired) electrons. The van der Waals surface area contributed by atoms with Crippen LogP contribution in [-0.2, 0) is 0 Å². The lowest BCUT2D eigenvalue weighted by atomic mass is 10.1. The summed E-state index contributed by atoms with van der Waals surface area (Å²) in [5.74, 6) is 2.15. The number of nitrogens with zero attached hydrogens (tertiary/aromatic N) is 2. The second-order valence-corrected chi connectivity index (χ2v) is 7.32. The van der Waals surface area contributed by atoms with Crippen molar-refractivity contribution in [3.63, 3.8) is 0 Å². The zero-order valence-corrected chi connectivity index (χ0v) is 17.1. The van der Waals surface area contributed by atoms with E-state index in [0.717, 1.165) is 24.8 Å². The van der Waals surface area contributed by atoms with Crippen LogP contribution in [0.25, 0.3) is 0 Å². The number of guanidine groups is 1. The Bertz CT molecular complexity index is 668. The molecule has 0 aliphatic carbocycles. The Kier molecular flexibility index (Phi) is 7.94. The van der Waals surface area contributed by atoms with Gasteiger partial charge in [0.1, 0.15) is 5.75 Å². The van der Waals surface area contributed by atoms with Gasteiger partial charge >= 0.3 is 0 Å². The number of thiophene rings is 1. The normalized spacial score (nSPS) is 14.2. The lowest BCUT2D eigenvalue weighted by Crippen LogP contribution is -2.42. The third-order valence-corrected chi connectivity index (χ3v) is 5.20. The van der Waals surface area contributed by atoms with Gasteiger partial charge in [-0.15, -0.1) is 0 Å². The summed E-state index contributed by atoms with van der Waals surface area (Å²) < 4.78 is 5.25. The number of aliphatic imine (C=N–C) groups is 1. The minimum absolute atomic E-state index is 0.244. The lowest BCUT2D eigenvalue weighted by molar-refractivity contribution is 0.298. The molecule has 0 saturated carbocycles. The molecule has 0 saturated heterocycles. The Labute approximate surface area is 161 Å². The van der Waals surface area contributed by atoms with Gasteiger partial charge in [0, 0.05) is 20.1 Å². The van der Waals surface area contributed by atoms with Crippen LogP contribution in [0.15, 0.2) is 46.1 Å². The van der Waals surface area contributed by atoms with Crippen LogP contribution < -0.4 is 15.4 Å². The van der Waals surface area contributed by atoms with Crippen LogP contribution >= 0.6 is 11.3 Å². The molecule has 2 atom stereocenters. The maximum absolute atomic E-state index is 5.25. The second kappa shape index (κ2) is 10.2. The highest BCUT2D eigenvalue weighted by atomic mass is 32.1. The van der Waals surface area contributed by atoms with E-state index in [9.17, 15) is 0 Å². The smallest absolute Gasteiger partial charge is 0.191 e. The molecular weight excluding hydrogens is 344 g/mol. The maximum Gasteiger partial charge on any atom is 0.191 e. The molecular formula is C20H30N4OS. The first kappa shape index (κ1) is 20.3. The van der Waals surface area contributed by atoms with E-state index in [0.29, 0.717) is 5.92 Å². The molecule has 5 nitrogen and oxygen atoms in total. The third kappa shape index (κ3) is 5.75. The van der Waals surface area contributed by atoms with E-state index in [1.165, 1.54) is 11.1 Å². The number of hydrogen-bond acceptors (Lipinski definition) is 4. The van der Waals surface area contributed by atoms with Gasteiger partial charge < -0.3 is 20.3 Å².